The molecule has 8 aromatic carbocycles. The van der Waals surface area contributed by atoms with Crippen LogP contribution >= 0.6 is 0 Å². The highest BCUT2D eigenvalue weighted by atomic mass is 16.3. The van der Waals surface area contributed by atoms with Gasteiger partial charge in [-0.05, 0) is 76.3 Å². The van der Waals surface area contributed by atoms with Crippen LogP contribution in [0.5, 0.6) is 0 Å². The summed E-state index contributed by atoms with van der Waals surface area (Å²) < 4.78 is 8.97. The number of para-hydroxylation sites is 2. The summed E-state index contributed by atoms with van der Waals surface area (Å²) in [6.07, 6.45) is -0.208. The van der Waals surface area contributed by atoms with Gasteiger partial charge in [-0.25, -0.2) is 4.99 Å². The standard InChI is InChI=1S/C50H33N3O/c1-3-13-33(14-4-1)35-25-27-36(28-26-35)49-51-50(38-17-11-18-39(31-38)52-43-21-9-7-19-40(43)41-20-8-10-22-44(41)52)53(49)45-23-12-24-46-48(45)42-30-29-37(32-47(42)54-46)34-15-5-2-6-16-34/h1-32,49H. The average Bonchev–Trinajstić information content (AvgIpc) is 3.78. The van der Waals surface area contributed by atoms with E-state index in [0.717, 1.165) is 55.8 Å². The molecule has 0 spiro atoms. The molecule has 10 aromatic rings. The highest BCUT2D eigenvalue weighted by Gasteiger charge is 2.36. The van der Waals surface area contributed by atoms with Crippen LogP contribution in [0.1, 0.15) is 17.3 Å². The second-order valence-corrected chi connectivity index (χ2v) is 13.9. The van der Waals surface area contributed by atoms with Gasteiger partial charge in [0.25, 0.3) is 0 Å². The molecule has 0 radical (unpaired) electrons. The van der Waals surface area contributed by atoms with E-state index in [0.29, 0.717) is 0 Å². The summed E-state index contributed by atoms with van der Waals surface area (Å²) in [5, 5.41) is 4.66. The molecule has 0 fully saturated rings. The van der Waals surface area contributed by atoms with Crippen molar-refractivity contribution >= 4 is 55.3 Å². The van der Waals surface area contributed by atoms with Crippen LogP contribution in [0.3, 0.4) is 0 Å². The van der Waals surface area contributed by atoms with Gasteiger partial charge in [0, 0.05) is 27.4 Å². The average molecular weight is 692 g/mol. The van der Waals surface area contributed by atoms with E-state index in [4.69, 9.17) is 9.41 Å². The zero-order chi connectivity index (χ0) is 35.6. The van der Waals surface area contributed by atoms with Crippen molar-refractivity contribution < 1.29 is 4.42 Å². The second-order valence-electron chi connectivity index (χ2n) is 13.9. The van der Waals surface area contributed by atoms with Crippen LogP contribution in [0, 0.1) is 0 Å². The molecule has 4 heteroatoms. The first-order valence-electron chi connectivity index (χ1n) is 18.4. The molecule has 54 heavy (non-hydrogen) atoms. The minimum atomic E-state index is -0.208. The third-order valence-electron chi connectivity index (χ3n) is 10.8. The third kappa shape index (κ3) is 4.81. The molecular weight excluding hydrogens is 659 g/mol. The fourth-order valence-electron chi connectivity index (χ4n) is 8.26. The smallest absolute Gasteiger partial charge is 0.155 e. The summed E-state index contributed by atoms with van der Waals surface area (Å²) >= 11 is 0. The van der Waals surface area contributed by atoms with Crippen molar-refractivity contribution in [1.82, 2.24) is 4.57 Å². The Morgan fingerprint density at radius 1 is 0.426 bits per heavy atom. The van der Waals surface area contributed by atoms with Crippen molar-refractivity contribution in [3.8, 4) is 27.9 Å². The van der Waals surface area contributed by atoms with Crippen LogP contribution in [-0.2, 0) is 0 Å². The van der Waals surface area contributed by atoms with E-state index in [1.54, 1.807) is 0 Å². The van der Waals surface area contributed by atoms with Gasteiger partial charge in [0.1, 0.15) is 17.0 Å². The van der Waals surface area contributed by atoms with Gasteiger partial charge in [0.05, 0.1) is 22.1 Å². The number of rotatable bonds is 6. The monoisotopic (exact) mass is 691 g/mol. The van der Waals surface area contributed by atoms with Crippen molar-refractivity contribution in [3.05, 3.63) is 205 Å². The van der Waals surface area contributed by atoms with Gasteiger partial charge in [-0.2, -0.15) is 0 Å². The quantitative estimate of drug-likeness (QED) is 0.174. The molecule has 0 saturated heterocycles. The Bertz CT molecular complexity index is 2990. The maximum Gasteiger partial charge on any atom is 0.155 e. The summed E-state index contributed by atoms with van der Waals surface area (Å²) in [6.45, 7) is 0. The Morgan fingerprint density at radius 3 is 1.74 bits per heavy atom. The predicted octanol–water partition coefficient (Wildman–Crippen LogP) is 13.0. The number of aliphatic imine (C=N–C) groups is 1. The van der Waals surface area contributed by atoms with Gasteiger partial charge in [0.2, 0.25) is 0 Å². The molecule has 2 aromatic heterocycles. The normalized spacial score (nSPS) is 14.2. The largest absolute Gasteiger partial charge is 0.456 e. The summed E-state index contributed by atoms with van der Waals surface area (Å²) in [7, 11) is 0. The van der Waals surface area contributed by atoms with Crippen LogP contribution in [0.2, 0.25) is 0 Å². The molecule has 1 unspecified atom stereocenters. The summed E-state index contributed by atoms with van der Waals surface area (Å²) in [6, 6.07) is 68.9. The molecule has 3 heterocycles. The SMILES string of the molecule is c1ccc(-c2ccc(C3N=C(c4cccc(-n5c6ccccc6c6ccccc65)c4)N3c3cccc4oc5cc(-c6ccccc6)ccc5c34)cc2)cc1. The molecule has 4 nitrogen and oxygen atoms in total. The first-order chi connectivity index (χ1) is 26.8. The van der Waals surface area contributed by atoms with E-state index in [9.17, 15) is 0 Å². The molecule has 0 N–H and O–H groups in total. The fourth-order valence-corrected chi connectivity index (χ4v) is 8.26. The number of benzene rings is 8. The molecule has 0 aliphatic carbocycles. The molecule has 1 aliphatic heterocycles. The Labute approximate surface area is 312 Å². The number of hydrogen-bond acceptors (Lipinski definition) is 3. The number of hydrogen-bond donors (Lipinski definition) is 0. The highest BCUT2D eigenvalue weighted by Crippen LogP contribution is 2.45. The van der Waals surface area contributed by atoms with Crippen molar-refractivity contribution in [3.63, 3.8) is 0 Å². The minimum Gasteiger partial charge on any atom is -0.456 e. The van der Waals surface area contributed by atoms with Gasteiger partial charge in [0.15, 0.2) is 6.17 Å². The topological polar surface area (TPSA) is 33.7 Å². The van der Waals surface area contributed by atoms with Crippen molar-refractivity contribution in [1.29, 1.82) is 0 Å². The van der Waals surface area contributed by atoms with Crippen LogP contribution in [0.15, 0.2) is 204 Å². The second kappa shape index (κ2) is 12.2. The Balaban J connectivity index is 1.07. The Hall–Kier alpha value is -7.17. The van der Waals surface area contributed by atoms with Crippen LogP contribution < -0.4 is 4.90 Å². The molecular formula is C50H33N3O. The molecule has 1 atom stereocenters. The maximum atomic E-state index is 6.60. The number of anilines is 1. The van der Waals surface area contributed by atoms with Crippen molar-refractivity contribution in [2.75, 3.05) is 4.90 Å². The molecule has 1 aliphatic rings. The number of amidine groups is 1. The summed E-state index contributed by atoms with van der Waals surface area (Å²) in [4.78, 5) is 7.79. The lowest BCUT2D eigenvalue weighted by atomic mass is 9.98. The minimum absolute atomic E-state index is 0.208. The van der Waals surface area contributed by atoms with Gasteiger partial charge < -0.3 is 8.98 Å². The van der Waals surface area contributed by atoms with E-state index in [1.165, 1.54) is 38.5 Å². The van der Waals surface area contributed by atoms with E-state index >= 15 is 0 Å². The van der Waals surface area contributed by atoms with Crippen molar-refractivity contribution in [2.45, 2.75) is 6.17 Å². The molecule has 0 amide bonds. The number of furan rings is 1. The predicted molar refractivity (Wildman–Crippen MR) is 224 cm³/mol. The van der Waals surface area contributed by atoms with E-state index in [1.807, 2.05) is 6.07 Å². The lowest BCUT2D eigenvalue weighted by Crippen LogP contribution is -2.43. The number of fused-ring (bicyclic) bond motifs is 6. The van der Waals surface area contributed by atoms with Gasteiger partial charge in [-0.1, -0.05) is 146 Å². The third-order valence-corrected chi connectivity index (χ3v) is 10.8. The van der Waals surface area contributed by atoms with E-state index < -0.39 is 0 Å². The number of nitrogens with zero attached hydrogens (tertiary/aromatic N) is 3. The number of aromatic nitrogens is 1. The summed E-state index contributed by atoms with van der Waals surface area (Å²) in [5.74, 6) is 0.928. The zero-order valence-corrected chi connectivity index (χ0v) is 29.3. The lowest BCUT2D eigenvalue weighted by Gasteiger charge is -2.41. The molecule has 254 valence electrons. The molecule has 0 bridgehead atoms. The van der Waals surface area contributed by atoms with E-state index in [-0.39, 0.29) is 6.17 Å². The highest BCUT2D eigenvalue weighted by molar-refractivity contribution is 6.21. The van der Waals surface area contributed by atoms with Gasteiger partial charge >= 0.3 is 0 Å². The van der Waals surface area contributed by atoms with Crippen molar-refractivity contribution in [2.24, 2.45) is 4.99 Å². The molecule has 0 saturated carbocycles. The maximum absolute atomic E-state index is 6.60. The Kier molecular flexibility index (Phi) is 6.89. The van der Waals surface area contributed by atoms with Crippen LogP contribution in [0.25, 0.3) is 71.7 Å². The zero-order valence-electron chi connectivity index (χ0n) is 29.3. The fraction of sp³-hybridized carbons (Fsp3) is 0.0200. The van der Waals surface area contributed by atoms with Crippen LogP contribution in [-0.4, -0.2) is 10.4 Å². The van der Waals surface area contributed by atoms with Crippen LogP contribution in [0.4, 0.5) is 5.69 Å². The van der Waals surface area contributed by atoms with Gasteiger partial charge in [-0.15, -0.1) is 0 Å². The first-order valence-corrected chi connectivity index (χ1v) is 18.4. The molecule has 11 rings (SSSR count). The van der Waals surface area contributed by atoms with E-state index in [2.05, 4.69) is 198 Å². The lowest BCUT2D eigenvalue weighted by molar-refractivity contribution is 0.667. The Morgan fingerprint density at radius 2 is 1.02 bits per heavy atom. The van der Waals surface area contributed by atoms with Gasteiger partial charge in [-0.3, -0.25) is 4.90 Å². The first kappa shape index (κ1) is 30.5. The summed E-state index contributed by atoms with van der Waals surface area (Å²) in [5.41, 5.74) is 13.1.